The molecule has 0 aliphatic carbocycles. The first-order valence-corrected chi connectivity index (χ1v) is 7.38. The summed E-state index contributed by atoms with van der Waals surface area (Å²) >= 11 is 0. The van der Waals surface area contributed by atoms with E-state index in [0.29, 0.717) is 6.08 Å². The molecule has 1 aromatic heterocycles. The summed E-state index contributed by atoms with van der Waals surface area (Å²) in [5, 5.41) is 17.6. The Kier molecular flexibility index (Phi) is 4.13. The third kappa shape index (κ3) is 2.91. The fraction of sp³-hybridized carbons (Fsp3) is 0. The Balaban J connectivity index is 2.49. The van der Waals surface area contributed by atoms with Crippen LogP contribution >= 0.6 is 0 Å². The molecule has 2 N–H and O–H groups in total. The van der Waals surface area contributed by atoms with Gasteiger partial charge in [-0.3, -0.25) is 4.79 Å². The van der Waals surface area contributed by atoms with E-state index in [-0.39, 0.29) is 4.90 Å². The number of aliphatic hydroxyl groups is 1. The maximum Gasteiger partial charge on any atom is 0.371 e. The molecule has 22 heavy (non-hydrogen) atoms. The summed E-state index contributed by atoms with van der Waals surface area (Å²) in [5.74, 6) is -4.58. The maximum absolute atomic E-state index is 12.4. The predicted octanol–water partition coefficient (Wildman–Crippen LogP) is 1.82. The van der Waals surface area contributed by atoms with Crippen molar-refractivity contribution in [2.75, 3.05) is 0 Å². The monoisotopic (exact) mass is 322 g/mol. The molecule has 2 aromatic rings. The number of carboxylic acid groups (broad SMARTS) is 1. The Bertz CT molecular complexity index is 844. The number of furan rings is 1. The van der Waals surface area contributed by atoms with Crippen molar-refractivity contribution in [3.8, 4) is 0 Å². The van der Waals surface area contributed by atoms with Crippen molar-refractivity contribution in [1.29, 1.82) is 0 Å². The molecule has 7 nitrogen and oxygen atoms in total. The lowest BCUT2D eigenvalue weighted by molar-refractivity contribution is -0.135. The van der Waals surface area contributed by atoms with Gasteiger partial charge in [-0.2, -0.15) is 0 Å². The third-order valence-electron chi connectivity index (χ3n) is 2.68. The van der Waals surface area contributed by atoms with Gasteiger partial charge in [0.1, 0.15) is 4.90 Å². The Morgan fingerprint density at radius 2 is 1.68 bits per heavy atom. The highest BCUT2D eigenvalue weighted by molar-refractivity contribution is 7.91. The van der Waals surface area contributed by atoms with E-state index < -0.39 is 38.0 Å². The molecule has 2 rings (SSSR count). The van der Waals surface area contributed by atoms with Crippen LogP contribution in [0, 0.1) is 0 Å². The number of allylic oxidation sites excluding steroid dienone is 1. The van der Waals surface area contributed by atoms with E-state index in [9.17, 15) is 18.0 Å². The number of benzene rings is 1. The summed E-state index contributed by atoms with van der Waals surface area (Å²) in [4.78, 5) is 21.9. The predicted molar refractivity (Wildman–Crippen MR) is 73.3 cm³/mol. The number of aliphatic carboxylic acids is 1. The molecule has 0 fully saturated rings. The van der Waals surface area contributed by atoms with Crippen LogP contribution in [0.2, 0.25) is 0 Å². The number of rotatable bonds is 5. The van der Waals surface area contributed by atoms with Crippen LogP contribution in [0.15, 0.2) is 68.7 Å². The van der Waals surface area contributed by atoms with Gasteiger partial charge in [-0.25, -0.2) is 13.2 Å². The summed E-state index contributed by atoms with van der Waals surface area (Å²) in [6.07, 6.45) is 1.37. The van der Waals surface area contributed by atoms with E-state index in [2.05, 4.69) is 0 Å². The van der Waals surface area contributed by atoms with Crippen molar-refractivity contribution in [2.45, 2.75) is 9.79 Å². The van der Waals surface area contributed by atoms with Crippen molar-refractivity contribution in [3.05, 3.63) is 60.3 Å². The van der Waals surface area contributed by atoms with Crippen molar-refractivity contribution >= 4 is 21.6 Å². The smallest absolute Gasteiger partial charge is 0.371 e. The summed E-state index contributed by atoms with van der Waals surface area (Å²) in [5.41, 5.74) is 0. The van der Waals surface area contributed by atoms with Crippen molar-refractivity contribution in [3.63, 3.8) is 0 Å². The first-order valence-electron chi connectivity index (χ1n) is 5.90. The number of ketones is 1. The molecular weight excluding hydrogens is 312 g/mol. The highest BCUT2D eigenvalue weighted by Gasteiger charge is 2.27. The number of carboxylic acids is 1. The zero-order valence-corrected chi connectivity index (χ0v) is 11.8. The number of hydrogen-bond donors (Lipinski definition) is 2. The molecule has 1 aromatic carbocycles. The van der Waals surface area contributed by atoms with Crippen LogP contribution in [0.3, 0.4) is 0 Å². The molecular formula is C14H10O7S. The summed E-state index contributed by atoms with van der Waals surface area (Å²) in [6, 6.07) is 8.45. The molecule has 0 radical (unpaired) electrons. The number of hydrogen-bond acceptors (Lipinski definition) is 6. The Labute approximate surface area is 125 Å². The highest BCUT2D eigenvalue weighted by Crippen LogP contribution is 2.25. The van der Waals surface area contributed by atoms with Crippen molar-refractivity contribution < 1.29 is 32.6 Å². The van der Waals surface area contributed by atoms with E-state index in [1.165, 1.54) is 24.3 Å². The average Bonchev–Trinajstić information content (AvgIpc) is 2.98. The SMILES string of the molecule is O=C(O)/C(O)=C/C(=O)c1occc1S(=O)(=O)c1ccccc1. The minimum Gasteiger partial charge on any atom is -0.502 e. The van der Waals surface area contributed by atoms with Gasteiger partial charge in [0.15, 0.2) is 5.76 Å². The van der Waals surface area contributed by atoms with Gasteiger partial charge in [0.25, 0.3) is 0 Å². The van der Waals surface area contributed by atoms with Gasteiger partial charge >= 0.3 is 5.97 Å². The molecule has 114 valence electrons. The summed E-state index contributed by atoms with van der Waals surface area (Å²) in [6.45, 7) is 0. The summed E-state index contributed by atoms with van der Waals surface area (Å²) in [7, 11) is -4.00. The Hall–Kier alpha value is -2.87. The van der Waals surface area contributed by atoms with E-state index >= 15 is 0 Å². The minimum absolute atomic E-state index is 0.0445. The van der Waals surface area contributed by atoms with E-state index in [1.54, 1.807) is 6.07 Å². The van der Waals surface area contributed by atoms with Crippen LogP contribution in [-0.4, -0.2) is 30.4 Å². The fourth-order valence-corrected chi connectivity index (χ4v) is 3.06. The van der Waals surface area contributed by atoms with Crippen LogP contribution in [0.1, 0.15) is 10.6 Å². The van der Waals surface area contributed by atoms with E-state index in [0.717, 1.165) is 12.3 Å². The highest BCUT2D eigenvalue weighted by atomic mass is 32.2. The fourth-order valence-electron chi connectivity index (χ4n) is 1.67. The second-order valence-electron chi connectivity index (χ2n) is 4.13. The van der Waals surface area contributed by atoms with Gasteiger partial charge < -0.3 is 14.6 Å². The molecule has 0 aliphatic rings. The summed E-state index contributed by atoms with van der Waals surface area (Å²) < 4.78 is 29.7. The molecule has 0 unspecified atom stereocenters. The van der Waals surface area contributed by atoms with Crippen molar-refractivity contribution in [2.24, 2.45) is 0 Å². The second-order valence-corrected chi connectivity index (χ2v) is 6.05. The van der Waals surface area contributed by atoms with Crippen LogP contribution in [0.25, 0.3) is 0 Å². The molecule has 0 atom stereocenters. The van der Waals surface area contributed by atoms with E-state index in [4.69, 9.17) is 14.6 Å². The quantitative estimate of drug-likeness (QED) is 0.489. The number of carbonyl (C=O) groups is 2. The number of carbonyl (C=O) groups excluding carboxylic acids is 1. The Morgan fingerprint density at radius 1 is 1.05 bits per heavy atom. The average molecular weight is 322 g/mol. The zero-order valence-electron chi connectivity index (χ0n) is 11.0. The van der Waals surface area contributed by atoms with Gasteiger partial charge in [-0.15, -0.1) is 0 Å². The molecule has 0 bridgehead atoms. The van der Waals surface area contributed by atoms with Gasteiger partial charge in [0.2, 0.25) is 21.4 Å². The first-order chi connectivity index (χ1) is 10.3. The molecule has 8 heteroatoms. The largest absolute Gasteiger partial charge is 0.502 e. The molecule has 0 spiro atoms. The molecule has 0 saturated heterocycles. The molecule has 0 aliphatic heterocycles. The standard InChI is InChI=1S/C14H10O7S/c15-10(8-11(16)14(17)18)13-12(6-7-21-13)22(19,20)9-4-2-1-3-5-9/h1-8,16H,(H,17,18)/b11-8-. The molecule has 0 amide bonds. The first kappa shape index (κ1) is 15.5. The van der Waals surface area contributed by atoms with Crippen molar-refractivity contribution in [1.82, 2.24) is 0 Å². The molecule has 0 saturated carbocycles. The lowest BCUT2D eigenvalue weighted by Gasteiger charge is -2.03. The minimum atomic E-state index is -4.00. The number of aliphatic hydroxyl groups excluding tert-OH is 1. The van der Waals surface area contributed by atoms with Gasteiger partial charge in [0.05, 0.1) is 11.2 Å². The normalized spacial score (nSPS) is 12.1. The second kappa shape index (κ2) is 5.86. The van der Waals surface area contributed by atoms with E-state index in [1.807, 2.05) is 0 Å². The third-order valence-corrected chi connectivity index (χ3v) is 4.48. The van der Waals surface area contributed by atoms with Crippen LogP contribution < -0.4 is 0 Å². The van der Waals surface area contributed by atoms with Gasteiger partial charge in [-0.05, 0) is 18.2 Å². The van der Waals surface area contributed by atoms with Crippen LogP contribution in [0.5, 0.6) is 0 Å². The lowest BCUT2D eigenvalue weighted by atomic mass is 10.2. The maximum atomic E-state index is 12.4. The zero-order chi connectivity index (χ0) is 16.3. The lowest BCUT2D eigenvalue weighted by Crippen LogP contribution is -2.08. The topological polar surface area (TPSA) is 122 Å². The Morgan fingerprint density at radius 3 is 2.27 bits per heavy atom. The number of sulfone groups is 1. The van der Waals surface area contributed by atoms with Crippen LogP contribution in [-0.2, 0) is 14.6 Å². The van der Waals surface area contributed by atoms with Gasteiger partial charge in [-0.1, -0.05) is 18.2 Å². The molecule has 1 heterocycles. The van der Waals surface area contributed by atoms with Gasteiger partial charge in [0, 0.05) is 6.08 Å². The van der Waals surface area contributed by atoms with Crippen LogP contribution in [0.4, 0.5) is 0 Å².